The molecule has 0 aliphatic carbocycles. The fraction of sp³-hybridized carbons (Fsp3) is 0.118. The van der Waals surface area contributed by atoms with Gasteiger partial charge in [-0.05, 0) is 60.1 Å². The molecular formula is C17H15BrN4OS. The Kier molecular flexibility index (Phi) is 4.92. The highest BCUT2D eigenvalue weighted by atomic mass is 79.9. The zero-order valence-electron chi connectivity index (χ0n) is 13.1. The number of thiazole rings is 1. The summed E-state index contributed by atoms with van der Waals surface area (Å²) in [5.74, 6) is -0.157. The number of nitrogens with one attached hydrogen (secondary N) is 2. The molecule has 0 spiro atoms. The highest BCUT2D eigenvalue weighted by Gasteiger charge is 2.11. The van der Waals surface area contributed by atoms with Crippen molar-refractivity contribution in [1.29, 1.82) is 0 Å². The minimum absolute atomic E-state index is 0.157. The third kappa shape index (κ3) is 3.80. The van der Waals surface area contributed by atoms with E-state index in [1.54, 1.807) is 6.07 Å². The SMILES string of the molecule is CC(C)=NNc1nc2ccc(NC(=O)c3ccccc3Br)cc2s1. The van der Waals surface area contributed by atoms with Gasteiger partial charge in [0.1, 0.15) is 0 Å². The van der Waals surface area contributed by atoms with E-state index in [9.17, 15) is 4.79 Å². The summed E-state index contributed by atoms with van der Waals surface area (Å²) in [6.45, 7) is 3.82. The molecule has 122 valence electrons. The lowest BCUT2D eigenvalue weighted by Gasteiger charge is -2.06. The predicted octanol–water partition coefficient (Wildman–Crippen LogP) is 5.12. The quantitative estimate of drug-likeness (QED) is 0.470. The third-order valence-electron chi connectivity index (χ3n) is 3.14. The summed E-state index contributed by atoms with van der Waals surface area (Å²) in [7, 11) is 0. The summed E-state index contributed by atoms with van der Waals surface area (Å²) >= 11 is 4.88. The van der Waals surface area contributed by atoms with E-state index in [0.29, 0.717) is 5.56 Å². The molecule has 3 rings (SSSR count). The molecule has 0 saturated heterocycles. The zero-order chi connectivity index (χ0) is 17.1. The standard InChI is InChI=1S/C17H15BrN4OS/c1-10(2)21-22-17-20-14-8-7-11(9-15(14)24-17)19-16(23)12-5-3-4-6-13(12)18/h3-9H,1-2H3,(H,19,23)(H,20,22). The number of halogens is 1. The van der Waals surface area contributed by atoms with Crippen LogP contribution in [0.25, 0.3) is 10.2 Å². The lowest BCUT2D eigenvalue weighted by molar-refractivity contribution is 0.102. The average molecular weight is 403 g/mol. The molecule has 1 aromatic heterocycles. The van der Waals surface area contributed by atoms with Gasteiger partial charge in [0, 0.05) is 15.9 Å². The number of hydrogen-bond acceptors (Lipinski definition) is 5. The van der Waals surface area contributed by atoms with Crippen LogP contribution in [-0.2, 0) is 0 Å². The maximum atomic E-state index is 12.4. The van der Waals surface area contributed by atoms with Crippen LogP contribution in [0.3, 0.4) is 0 Å². The van der Waals surface area contributed by atoms with E-state index in [1.165, 1.54) is 11.3 Å². The van der Waals surface area contributed by atoms with Gasteiger partial charge in [-0.2, -0.15) is 5.10 Å². The van der Waals surface area contributed by atoms with Crippen LogP contribution in [0, 0.1) is 0 Å². The summed E-state index contributed by atoms with van der Waals surface area (Å²) in [6.07, 6.45) is 0. The second kappa shape index (κ2) is 7.11. The minimum Gasteiger partial charge on any atom is -0.322 e. The predicted molar refractivity (Wildman–Crippen MR) is 104 cm³/mol. The van der Waals surface area contributed by atoms with Crippen molar-refractivity contribution in [1.82, 2.24) is 4.98 Å². The van der Waals surface area contributed by atoms with Crippen LogP contribution in [0.2, 0.25) is 0 Å². The molecule has 0 bridgehead atoms. The van der Waals surface area contributed by atoms with Gasteiger partial charge >= 0.3 is 0 Å². The van der Waals surface area contributed by atoms with Crippen LogP contribution in [0.4, 0.5) is 10.8 Å². The summed E-state index contributed by atoms with van der Waals surface area (Å²) in [5.41, 5.74) is 6.05. The third-order valence-corrected chi connectivity index (χ3v) is 4.75. The van der Waals surface area contributed by atoms with E-state index < -0.39 is 0 Å². The molecular weight excluding hydrogens is 388 g/mol. The maximum absolute atomic E-state index is 12.4. The molecule has 0 aliphatic rings. The number of nitrogens with zero attached hydrogens (tertiary/aromatic N) is 2. The Morgan fingerprint density at radius 2 is 2.00 bits per heavy atom. The van der Waals surface area contributed by atoms with Crippen molar-refractivity contribution in [3.8, 4) is 0 Å². The number of carbonyl (C=O) groups is 1. The Morgan fingerprint density at radius 3 is 2.75 bits per heavy atom. The van der Waals surface area contributed by atoms with Gasteiger partial charge in [-0.25, -0.2) is 4.98 Å². The van der Waals surface area contributed by atoms with Gasteiger partial charge in [0.25, 0.3) is 5.91 Å². The molecule has 0 atom stereocenters. The van der Waals surface area contributed by atoms with Gasteiger partial charge in [0.2, 0.25) is 5.13 Å². The number of carbonyl (C=O) groups excluding carboxylic acids is 1. The van der Waals surface area contributed by atoms with Gasteiger partial charge in [0.05, 0.1) is 15.8 Å². The van der Waals surface area contributed by atoms with Crippen LogP contribution >= 0.6 is 27.3 Å². The highest BCUT2D eigenvalue weighted by molar-refractivity contribution is 9.10. The lowest BCUT2D eigenvalue weighted by atomic mass is 10.2. The van der Waals surface area contributed by atoms with Gasteiger partial charge in [0.15, 0.2) is 0 Å². The molecule has 2 aromatic carbocycles. The van der Waals surface area contributed by atoms with Crippen LogP contribution in [0.1, 0.15) is 24.2 Å². The van der Waals surface area contributed by atoms with Crippen LogP contribution in [0.5, 0.6) is 0 Å². The van der Waals surface area contributed by atoms with E-state index >= 15 is 0 Å². The van der Waals surface area contributed by atoms with Crippen molar-refractivity contribution >= 4 is 59.9 Å². The van der Waals surface area contributed by atoms with Crippen molar-refractivity contribution in [3.63, 3.8) is 0 Å². The molecule has 5 nitrogen and oxygen atoms in total. The van der Waals surface area contributed by atoms with Gasteiger partial charge in [-0.1, -0.05) is 23.5 Å². The fourth-order valence-electron chi connectivity index (χ4n) is 2.05. The monoisotopic (exact) mass is 402 g/mol. The van der Waals surface area contributed by atoms with Crippen LogP contribution in [0.15, 0.2) is 52.0 Å². The molecule has 3 aromatic rings. The second-order valence-electron chi connectivity index (χ2n) is 5.31. The largest absolute Gasteiger partial charge is 0.322 e. The van der Waals surface area contributed by atoms with Crippen LogP contribution in [-0.4, -0.2) is 16.6 Å². The smallest absolute Gasteiger partial charge is 0.256 e. The number of benzene rings is 2. The number of rotatable bonds is 4. The first-order valence-corrected chi connectivity index (χ1v) is 8.87. The van der Waals surface area contributed by atoms with E-state index in [1.807, 2.05) is 50.2 Å². The molecule has 0 unspecified atom stereocenters. The highest BCUT2D eigenvalue weighted by Crippen LogP contribution is 2.29. The summed E-state index contributed by atoms with van der Waals surface area (Å²) < 4.78 is 1.74. The minimum atomic E-state index is -0.157. The Labute approximate surface area is 151 Å². The number of hydrazone groups is 1. The first-order valence-electron chi connectivity index (χ1n) is 7.26. The molecule has 0 saturated carbocycles. The molecule has 0 aliphatic heterocycles. The van der Waals surface area contributed by atoms with Crippen LogP contribution < -0.4 is 10.7 Å². The number of fused-ring (bicyclic) bond motifs is 1. The number of anilines is 2. The zero-order valence-corrected chi connectivity index (χ0v) is 15.5. The maximum Gasteiger partial charge on any atom is 0.256 e. The Hall–Kier alpha value is -2.25. The number of hydrogen-bond donors (Lipinski definition) is 2. The molecule has 24 heavy (non-hydrogen) atoms. The Morgan fingerprint density at radius 1 is 1.21 bits per heavy atom. The molecule has 7 heteroatoms. The van der Waals surface area contributed by atoms with E-state index in [4.69, 9.17) is 0 Å². The molecule has 1 amide bonds. The van der Waals surface area contributed by atoms with E-state index in [-0.39, 0.29) is 5.91 Å². The van der Waals surface area contributed by atoms with E-state index in [2.05, 4.69) is 36.8 Å². The van der Waals surface area contributed by atoms with Crippen molar-refractivity contribution in [2.75, 3.05) is 10.7 Å². The second-order valence-corrected chi connectivity index (χ2v) is 7.19. The summed E-state index contributed by atoms with van der Waals surface area (Å²) in [5, 5.41) is 7.79. The first kappa shape index (κ1) is 16.6. The summed E-state index contributed by atoms with van der Waals surface area (Å²) in [4.78, 5) is 16.8. The Balaban J connectivity index is 1.82. The normalized spacial score (nSPS) is 10.5. The topological polar surface area (TPSA) is 66.4 Å². The Bertz CT molecular complexity index is 931. The van der Waals surface area contributed by atoms with E-state index in [0.717, 1.165) is 31.2 Å². The summed E-state index contributed by atoms with van der Waals surface area (Å²) in [6, 6.07) is 13.0. The van der Waals surface area contributed by atoms with Crippen molar-refractivity contribution in [3.05, 3.63) is 52.5 Å². The molecule has 1 heterocycles. The number of aromatic nitrogens is 1. The van der Waals surface area contributed by atoms with Gasteiger partial charge in [-0.3, -0.25) is 10.2 Å². The van der Waals surface area contributed by atoms with Crippen molar-refractivity contribution in [2.24, 2.45) is 5.10 Å². The van der Waals surface area contributed by atoms with Crippen molar-refractivity contribution in [2.45, 2.75) is 13.8 Å². The van der Waals surface area contributed by atoms with Gasteiger partial charge in [-0.15, -0.1) is 0 Å². The lowest BCUT2D eigenvalue weighted by Crippen LogP contribution is -2.12. The first-order chi connectivity index (χ1) is 11.5. The molecule has 0 fully saturated rings. The fourth-order valence-corrected chi connectivity index (χ4v) is 3.37. The molecule has 0 radical (unpaired) electrons. The molecule has 2 N–H and O–H groups in total. The number of amides is 1. The van der Waals surface area contributed by atoms with Gasteiger partial charge < -0.3 is 5.32 Å². The van der Waals surface area contributed by atoms with Crippen molar-refractivity contribution < 1.29 is 4.79 Å². The average Bonchev–Trinajstić information content (AvgIpc) is 2.95.